The molecule has 0 unspecified atom stereocenters. The highest BCUT2D eigenvalue weighted by atomic mass is 16.6. The van der Waals surface area contributed by atoms with Gasteiger partial charge in [0, 0.05) is 24.4 Å². The molecule has 1 aromatic carbocycles. The summed E-state index contributed by atoms with van der Waals surface area (Å²) in [6.45, 7) is 8.41. The number of aromatic nitrogens is 2. The number of nitrogens with zero attached hydrogens (tertiary/aromatic N) is 2. The second kappa shape index (κ2) is 7.81. The Kier molecular flexibility index (Phi) is 5.79. The topological polar surface area (TPSA) is 53.4 Å². The summed E-state index contributed by atoms with van der Waals surface area (Å²) >= 11 is 0. The van der Waals surface area contributed by atoms with E-state index in [1.807, 2.05) is 52.9 Å². The maximum atomic E-state index is 11.8. The number of esters is 1. The average Bonchev–Trinajstić information content (AvgIpc) is 2.77. The predicted molar refractivity (Wildman–Crippen MR) is 94.1 cm³/mol. The Morgan fingerprint density at radius 2 is 1.83 bits per heavy atom. The molecule has 2 aromatic rings. The lowest BCUT2D eigenvalue weighted by Gasteiger charge is -2.11. The van der Waals surface area contributed by atoms with Gasteiger partial charge in [0.05, 0.1) is 5.69 Å². The van der Waals surface area contributed by atoms with Crippen LogP contribution >= 0.6 is 0 Å². The Morgan fingerprint density at radius 1 is 1.17 bits per heavy atom. The molecule has 0 atom stereocenters. The summed E-state index contributed by atoms with van der Waals surface area (Å²) < 4.78 is 12.7. The molecule has 5 nitrogen and oxygen atoms in total. The summed E-state index contributed by atoms with van der Waals surface area (Å²) in [4.78, 5) is 11.8. The van der Waals surface area contributed by atoms with Gasteiger partial charge in [-0.25, -0.2) is 4.79 Å². The number of carbonyl (C=O) groups excluding carboxylic acids is 1. The van der Waals surface area contributed by atoms with Crippen molar-refractivity contribution in [3.8, 4) is 5.75 Å². The van der Waals surface area contributed by atoms with Gasteiger partial charge in [0.25, 0.3) is 0 Å². The lowest BCUT2D eigenvalue weighted by atomic mass is 10.1. The predicted octanol–water partition coefficient (Wildman–Crippen LogP) is 3.29. The van der Waals surface area contributed by atoms with Crippen molar-refractivity contribution in [1.82, 2.24) is 9.78 Å². The number of aryl methyl sites for hydroxylation is 4. The molecule has 0 spiro atoms. The van der Waals surface area contributed by atoms with Crippen LogP contribution in [0.25, 0.3) is 6.08 Å². The third-order valence-corrected chi connectivity index (χ3v) is 3.93. The molecule has 0 saturated heterocycles. The zero-order valence-electron chi connectivity index (χ0n) is 14.9. The Labute approximate surface area is 142 Å². The molecule has 0 N–H and O–H groups in total. The lowest BCUT2D eigenvalue weighted by Crippen LogP contribution is -2.11. The highest BCUT2D eigenvalue weighted by Gasteiger charge is 2.07. The minimum atomic E-state index is -0.386. The lowest BCUT2D eigenvalue weighted by molar-refractivity contribution is -0.138. The fraction of sp³-hybridized carbons (Fsp3) is 0.368. The van der Waals surface area contributed by atoms with E-state index in [4.69, 9.17) is 9.47 Å². The number of hydrogen-bond acceptors (Lipinski definition) is 4. The molecule has 2 rings (SSSR count). The van der Waals surface area contributed by atoms with Crippen molar-refractivity contribution in [2.45, 2.75) is 27.7 Å². The van der Waals surface area contributed by atoms with E-state index in [0.717, 1.165) is 33.8 Å². The number of benzene rings is 1. The minimum Gasteiger partial charge on any atom is -0.489 e. The Balaban J connectivity index is 1.82. The molecular formula is C19H24N2O3. The molecule has 0 fully saturated rings. The highest BCUT2D eigenvalue weighted by Crippen LogP contribution is 2.22. The maximum Gasteiger partial charge on any atom is 0.330 e. The van der Waals surface area contributed by atoms with E-state index in [1.54, 1.807) is 10.8 Å². The van der Waals surface area contributed by atoms with Crippen molar-refractivity contribution in [3.63, 3.8) is 0 Å². The van der Waals surface area contributed by atoms with E-state index in [-0.39, 0.29) is 12.6 Å². The standard InChI is InChI=1S/C19H24N2O3/c1-13-7-6-8-14(2)19(13)24-12-11-23-18(22)10-9-17-15(3)20-21(5)16(17)4/h6-10H,11-12H2,1-5H3/b10-9-. The highest BCUT2D eigenvalue weighted by molar-refractivity contribution is 5.87. The smallest absolute Gasteiger partial charge is 0.330 e. The van der Waals surface area contributed by atoms with E-state index >= 15 is 0 Å². The molecule has 5 heteroatoms. The third-order valence-electron chi connectivity index (χ3n) is 3.93. The van der Waals surface area contributed by atoms with Crippen LogP contribution < -0.4 is 4.74 Å². The van der Waals surface area contributed by atoms with E-state index in [1.165, 1.54) is 6.08 Å². The first-order valence-electron chi connectivity index (χ1n) is 7.94. The summed E-state index contributed by atoms with van der Waals surface area (Å²) in [5, 5.41) is 4.31. The molecule has 0 radical (unpaired) electrons. The normalized spacial score (nSPS) is 11.0. The van der Waals surface area contributed by atoms with Gasteiger partial charge < -0.3 is 9.47 Å². The van der Waals surface area contributed by atoms with Gasteiger partial charge >= 0.3 is 5.97 Å². The first kappa shape index (κ1) is 17.8. The van der Waals surface area contributed by atoms with Crippen molar-refractivity contribution in [2.75, 3.05) is 13.2 Å². The van der Waals surface area contributed by atoms with E-state index < -0.39 is 0 Å². The van der Waals surface area contributed by atoms with Gasteiger partial charge in [-0.05, 0) is 44.9 Å². The van der Waals surface area contributed by atoms with Crippen molar-refractivity contribution in [1.29, 1.82) is 0 Å². The SMILES string of the molecule is Cc1cccc(C)c1OCCOC(=O)/C=C\c1c(C)nn(C)c1C. The van der Waals surface area contributed by atoms with Crippen LogP contribution in [0.2, 0.25) is 0 Å². The van der Waals surface area contributed by atoms with Gasteiger partial charge in [0.1, 0.15) is 19.0 Å². The molecule has 1 aromatic heterocycles. The second-order valence-electron chi connectivity index (χ2n) is 5.78. The van der Waals surface area contributed by atoms with Crippen molar-refractivity contribution < 1.29 is 14.3 Å². The average molecular weight is 328 g/mol. The van der Waals surface area contributed by atoms with Gasteiger partial charge in [-0.15, -0.1) is 0 Å². The van der Waals surface area contributed by atoms with Crippen molar-refractivity contribution >= 4 is 12.0 Å². The molecule has 0 aliphatic heterocycles. The number of para-hydroxylation sites is 1. The van der Waals surface area contributed by atoms with Crippen LogP contribution in [0.1, 0.15) is 28.1 Å². The third kappa shape index (κ3) is 4.25. The zero-order chi connectivity index (χ0) is 17.7. The molecule has 0 bridgehead atoms. The molecule has 128 valence electrons. The quantitative estimate of drug-likeness (QED) is 0.464. The molecule has 0 saturated carbocycles. The zero-order valence-corrected chi connectivity index (χ0v) is 14.9. The van der Waals surface area contributed by atoms with Crippen LogP contribution in [0.15, 0.2) is 24.3 Å². The monoisotopic (exact) mass is 328 g/mol. The van der Waals surface area contributed by atoms with Crippen LogP contribution in [0.3, 0.4) is 0 Å². The fourth-order valence-electron chi connectivity index (χ4n) is 2.54. The summed E-state index contributed by atoms with van der Waals surface area (Å²) in [5.41, 5.74) is 4.99. The Hall–Kier alpha value is -2.56. The maximum absolute atomic E-state index is 11.8. The molecule has 1 heterocycles. The summed E-state index contributed by atoms with van der Waals surface area (Å²) in [6, 6.07) is 5.98. The van der Waals surface area contributed by atoms with E-state index in [2.05, 4.69) is 5.10 Å². The molecular weight excluding hydrogens is 304 g/mol. The second-order valence-corrected chi connectivity index (χ2v) is 5.78. The van der Waals surface area contributed by atoms with Crippen LogP contribution in [0.5, 0.6) is 5.75 Å². The van der Waals surface area contributed by atoms with Gasteiger partial charge in [-0.1, -0.05) is 18.2 Å². The first-order chi connectivity index (χ1) is 11.4. The minimum absolute atomic E-state index is 0.210. The number of hydrogen-bond donors (Lipinski definition) is 0. The number of rotatable bonds is 6. The fourth-order valence-corrected chi connectivity index (χ4v) is 2.54. The summed E-state index contributed by atoms with van der Waals surface area (Å²) in [6.07, 6.45) is 3.17. The van der Waals surface area contributed by atoms with Crippen LogP contribution in [0, 0.1) is 27.7 Å². The molecule has 24 heavy (non-hydrogen) atoms. The van der Waals surface area contributed by atoms with E-state index in [0.29, 0.717) is 6.61 Å². The summed E-state index contributed by atoms with van der Waals surface area (Å²) in [5.74, 6) is 0.466. The van der Waals surface area contributed by atoms with Crippen LogP contribution in [0.4, 0.5) is 0 Å². The van der Waals surface area contributed by atoms with Gasteiger partial charge in [-0.2, -0.15) is 5.10 Å². The van der Waals surface area contributed by atoms with Gasteiger partial charge in [0.2, 0.25) is 0 Å². The van der Waals surface area contributed by atoms with E-state index in [9.17, 15) is 4.79 Å². The number of carbonyl (C=O) groups is 1. The van der Waals surface area contributed by atoms with Crippen molar-refractivity contribution in [3.05, 3.63) is 52.4 Å². The first-order valence-corrected chi connectivity index (χ1v) is 7.94. The molecule has 0 aliphatic carbocycles. The van der Waals surface area contributed by atoms with Crippen LogP contribution in [-0.4, -0.2) is 29.0 Å². The Bertz CT molecular complexity index is 740. The largest absolute Gasteiger partial charge is 0.489 e. The van der Waals surface area contributed by atoms with Crippen LogP contribution in [-0.2, 0) is 16.6 Å². The van der Waals surface area contributed by atoms with Gasteiger partial charge in [-0.3, -0.25) is 4.68 Å². The Morgan fingerprint density at radius 3 is 2.42 bits per heavy atom. The number of ether oxygens (including phenoxy) is 2. The molecule has 0 aliphatic rings. The molecule has 0 amide bonds. The van der Waals surface area contributed by atoms with Gasteiger partial charge in [0.15, 0.2) is 0 Å². The summed E-state index contributed by atoms with van der Waals surface area (Å²) in [7, 11) is 1.88. The van der Waals surface area contributed by atoms with Crippen molar-refractivity contribution in [2.24, 2.45) is 7.05 Å².